The average molecular weight is 256 g/mol. The van der Waals surface area contributed by atoms with E-state index in [1.807, 2.05) is 6.92 Å². The molecule has 4 heteroatoms. The van der Waals surface area contributed by atoms with Gasteiger partial charge in [-0.1, -0.05) is 13.8 Å². The predicted octanol–water partition coefficient (Wildman–Crippen LogP) is 0.848. The monoisotopic (exact) mass is 256 g/mol. The zero-order valence-electron chi connectivity index (χ0n) is 12.0. The summed E-state index contributed by atoms with van der Waals surface area (Å²) in [5.41, 5.74) is -0.253. The van der Waals surface area contributed by atoms with E-state index in [1.54, 1.807) is 0 Å². The summed E-state index contributed by atoms with van der Waals surface area (Å²) in [6.45, 7) is 11.9. The van der Waals surface area contributed by atoms with Crippen molar-refractivity contribution < 1.29 is 9.84 Å². The van der Waals surface area contributed by atoms with E-state index in [2.05, 4.69) is 24.1 Å². The van der Waals surface area contributed by atoms with Gasteiger partial charge in [-0.2, -0.15) is 0 Å². The number of rotatable bonds is 5. The van der Waals surface area contributed by atoms with E-state index in [9.17, 15) is 5.11 Å². The van der Waals surface area contributed by atoms with E-state index in [0.717, 1.165) is 52.2 Å². The van der Waals surface area contributed by atoms with Gasteiger partial charge in [0, 0.05) is 44.2 Å². The molecular weight excluding hydrogens is 228 g/mol. The quantitative estimate of drug-likeness (QED) is 0.765. The van der Waals surface area contributed by atoms with Crippen LogP contribution in [0, 0.1) is 5.41 Å². The van der Waals surface area contributed by atoms with Crippen LogP contribution in [0.3, 0.4) is 0 Å². The first kappa shape index (κ1) is 14.3. The first-order chi connectivity index (χ1) is 8.41. The smallest absolute Gasteiger partial charge is 0.0758 e. The summed E-state index contributed by atoms with van der Waals surface area (Å²) >= 11 is 0. The molecule has 2 saturated heterocycles. The molecule has 0 aromatic rings. The molecule has 18 heavy (non-hydrogen) atoms. The fourth-order valence-corrected chi connectivity index (χ4v) is 3.04. The van der Waals surface area contributed by atoms with Gasteiger partial charge in [0.2, 0.25) is 0 Å². The lowest BCUT2D eigenvalue weighted by molar-refractivity contribution is 0.0571. The number of ether oxygens (including phenoxy) is 1. The van der Waals surface area contributed by atoms with E-state index in [1.165, 1.54) is 0 Å². The third-order valence-corrected chi connectivity index (χ3v) is 4.16. The van der Waals surface area contributed by atoms with E-state index in [4.69, 9.17) is 4.74 Å². The number of likely N-dealkylation sites (tertiary alicyclic amines) is 1. The molecule has 0 saturated carbocycles. The van der Waals surface area contributed by atoms with Crippen LogP contribution in [-0.4, -0.2) is 61.0 Å². The number of nitrogens with one attached hydrogen (secondary N) is 1. The van der Waals surface area contributed by atoms with E-state index in [0.29, 0.717) is 6.04 Å². The molecule has 2 N–H and O–H groups in total. The van der Waals surface area contributed by atoms with E-state index < -0.39 is 5.60 Å². The van der Waals surface area contributed by atoms with Gasteiger partial charge in [-0.05, 0) is 19.8 Å². The Morgan fingerprint density at radius 2 is 2.17 bits per heavy atom. The van der Waals surface area contributed by atoms with Crippen LogP contribution in [0.25, 0.3) is 0 Å². The highest BCUT2D eigenvalue weighted by molar-refractivity contribution is 4.93. The molecule has 4 nitrogen and oxygen atoms in total. The summed E-state index contributed by atoms with van der Waals surface area (Å²) in [5.74, 6) is 0. The van der Waals surface area contributed by atoms with Gasteiger partial charge in [0.25, 0.3) is 0 Å². The number of nitrogens with zero attached hydrogens (tertiary/aromatic N) is 1. The first-order valence-electron chi connectivity index (χ1n) is 7.17. The van der Waals surface area contributed by atoms with Gasteiger partial charge in [0.15, 0.2) is 0 Å². The third-order valence-electron chi connectivity index (χ3n) is 4.16. The van der Waals surface area contributed by atoms with Crippen molar-refractivity contribution in [3.63, 3.8) is 0 Å². The van der Waals surface area contributed by atoms with Crippen molar-refractivity contribution in [1.29, 1.82) is 0 Å². The van der Waals surface area contributed by atoms with Gasteiger partial charge in [0.05, 0.1) is 12.2 Å². The molecule has 2 aliphatic rings. The Kier molecular flexibility index (Phi) is 4.32. The SMILES string of the molecule is CC(C)NCC1(CN2CCC(C)(O)C2)CCOC1. The first-order valence-corrected chi connectivity index (χ1v) is 7.17. The molecule has 2 heterocycles. The molecule has 2 fully saturated rings. The molecule has 2 aliphatic heterocycles. The van der Waals surface area contributed by atoms with Gasteiger partial charge in [0.1, 0.15) is 0 Å². The fourth-order valence-electron chi connectivity index (χ4n) is 3.04. The van der Waals surface area contributed by atoms with Crippen LogP contribution in [0.1, 0.15) is 33.6 Å². The van der Waals surface area contributed by atoms with Crippen LogP contribution in [0.2, 0.25) is 0 Å². The van der Waals surface area contributed by atoms with Crippen molar-refractivity contribution in [3.05, 3.63) is 0 Å². The maximum Gasteiger partial charge on any atom is 0.0758 e. The Labute approximate surface area is 111 Å². The number of hydrogen-bond acceptors (Lipinski definition) is 4. The van der Waals surface area contributed by atoms with Crippen molar-refractivity contribution >= 4 is 0 Å². The van der Waals surface area contributed by atoms with E-state index >= 15 is 0 Å². The Morgan fingerprint density at radius 1 is 1.39 bits per heavy atom. The zero-order valence-corrected chi connectivity index (χ0v) is 12.0. The molecule has 2 unspecified atom stereocenters. The lowest BCUT2D eigenvalue weighted by Crippen LogP contribution is -2.46. The third kappa shape index (κ3) is 3.67. The normalized spacial score (nSPS) is 37.8. The second-order valence-corrected chi connectivity index (χ2v) is 6.80. The molecule has 2 rings (SSSR count). The maximum atomic E-state index is 10.1. The Morgan fingerprint density at radius 3 is 2.67 bits per heavy atom. The van der Waals surface area contributed by atoms with Crippen molar-refractivity contribution in [3.8, 4) is 0 Å². The summed E-state index contributed by atoms with van der Waals surface area (Å²) in [4.78, 5) is 2.40. The van der Waals surface area contributed by atoms with Crippen molar-refractivity contribution in [1.82, 2.24) is 10.2 Å². The standard InChI is InChI=1S/C14H28N2O2/c1-12(2)15-8-14(5-7-18-11-14)10-16-6-4-13(3,17)9-16/h12,15,17H,4-11H2,1-3H3. The minimum atomic E-state index is -0.494. The highest BCUT2D eigenvalue weighted by Gasteiger charge is 2.40. The van der Waals surface area contributed by atoms with Gasteiger partial charge in [-0.15, -0.1) is 0 Å². The molecule has 0 aromatic heterocycles. The van der Waals surface area contributed by atoms with Crippen LogP contribution >= 0.6 is 0 Å². The van der Waals surface area contributed by atoms with Gasteiger partial charge in [-0.25, -0.2) is 0 Å². The van der Waals surface area contributed by atoms with Gasteiger partial charge < -0.3 is 15.2 Å². The summed E-state index contributed by atoms with van der Waals surface area (Å²) in [7, 11) is 0. The Bertz CT molecular complexity index is 273. The van der Waals surface area contributed by atoms with Crippen LogP contribution < -0.4 is 5.32 Å². The zero-order chi connectivity index (χ0) is 13.2. The number of β-amino-alcohol motifs (C(OH)–C–C–N with tert-alkyl or cyclic N) is 1. The van der Waals surface area contributed by atoms with Crippen LogP contribution in [0.5, 0.6) is 0 Å². The van der Waals surface area contributed by atoms with Gasteiger partial charge >= 0.3 is 0 Å². The number of aliphatic hydroxyl groups is 1. The Balaban J connectivity index is 1.90. The van der Waals surface area contributed by atoms with E-state index in [-0.39, 0.29) is 5.41 Å². The van der Waals surface area contributed by atoms with Crippen LogP contribution in [0.4, 0.5) is 0 Å². The predicted molar refractivity (Wildman–Crippen MR) is 72.7 cm³/mol. The lowest BCUT2D eigenvalue weighted by Gasteiger charge is -2.33. The highest BCUT2D eigenvalue weighted by atomic mass is 16.5. The second-order valence-electron chi connectivity index (χ2n) is 6.80. The summed E-state index contributed by atoms with van der Waals surface area (Å²) in [6, 6.07) is 0.518. The molecule has 0 amide bonds. The molecular formula is C14H28N2O2. The molecule has 2 atom stereocenters. The molecule has 0 spiro atoms. The number of hydrogen-bond donors (Lipinski definition) is 2. The maximum absolute atomic E-state index is 10.1. The minimum Gasteiger partial charge on any atom is -0.389 e. The average Bonchev–Trinajstić information content (AvgIpc) is 2.84. The highest BCUT2D eigenvalue weighted by Crippen LogP contribution is 2.32. The summed E-state index contributed by atoms with van der Waals surface area (Å²) in [6.07, 6.45) is 2.02. The van der Waals surface area contributed by atoms with Crippen molar-refractivity contribution in [2.24, 2.45) is 5.41 Å². The molecule has 106 valence electrons. The second kappa shape index (κ2) is 5.45. The molecule has 0 bridgehead atoms. The van der Waals surface area contributed by atoms with Crippen LogP contribution in [-0.2, 0) is 4.74 Å². The van der Waals surface area contributed by atoms with Crippen LogP contribution in [0.15, 0.2) is 0 Å². The lowest BCUT2D eigenvalue weighted by atomic mass is 9.86. The summed E-state index contributed by atoms with van der Waals surface area (Å²) < 4.78 is 5.63. The topological polar surface area (TPSA) is 44.7 Å². The molecule has 0 aliphatic carbocycles. The van der Waals surface area contributed by atoms with Gasteiger partial charge in [-0.3, -0.25) is 4.90 Å². The minimum absolute atomic E-state index is 0.241. The fraction of sp³-hybridized carbons (Fsp3) is 1.00. The largest absolute Gasteiger partial charge is 0.389 e. The molecule has 0 radical (unpaired) electrons. The van der Waals surface area contributed by atoms with Crippen molar-refractivity contribution in [2.75, 3.05) is 39.4 Å². The van der Waals surface area contributed by atoms with Crippen molar-refractivity contribution in [2.45, 2.75) is 45.3 Å². The Hall–Kier alpha value is -0.160. The summed E-state index contributed by atoms with van der Waals surface area (Å²) in [5, 5.41) is 13.6. The molecule has 0 aromatic carbocycles.